The van der Waals surface area contributed by atoms with Crippen LogP contribution in [-0.4, -0.2) is 67.6 Å². The summed E-state index contributed by atoms with van der Waals surface area (Å²) in [6.45, 7) is 3.88. The highest BCUT2D eigenvalue weighted by Crippen LogP contribution is 2.24. The molecule has 144 valence electrons. The van der Waals surface area contributed by atoms with Gasteiger partial charge in [0.1, 0.15) is 0 Å². The summed E-state index contributed by atoms with van der Waals surface area (Å²) in [6, 6.07) is 8.62. The number of aliphatic hydroxyl groups is 1. The number of carbonyl (C=O) groups is 1. The minimum absolute atomic E-state index is 0.0220. The molecule has 0 spiro atoms. The molecule has 3 unspecified atom stereocenters. The molecule has 2 N–H and O–H groups in total. The largest absolute Gasteiger partial charge is 0.390 e. The van der Waals surface area contributed by atoms with Gasteiger partial charge in [0, 0.05) is 33.3 Å². The van der Waals surface area contributed by atoms with E-state index in [1.54, 1.807) is 7.11 Å². The first kappa shape index (κ1) is 19.3. The van der Waals surface area contributed by atoms with Crippen LogP contribution >= 0.6 is 0 Å². The zero-order valence-corrected chi connectivity index (χ0v) is 15.5. The van der Waals surface area contributed by atoms with Gasteiger partial charge in [-0.05, 0) is 36.8 Å². The number of fused-ring (bicyclic) bond motifs is 1. The average molecular weight is 362 g/mol. The maximum Gasteiger partial charge on any atom is 0.251 e. The molecule has 0 radical (unpaired) electrons. The molecular weight excluding hydrogens is 332 g/mol. The van der Waals surface area contributed by atoms with Gasteiger partial charge >= 0.3 is 0 Å². The number of ether oxygens (including phenoxy) is 2. The fraction of sp³-hybridized carbons (Fsp3) is 0.650. The molecule has 1 amide bonds. The number of rotatable bonds is 7. The maximum atomic E-state index is 12.2. The summed E-state index contributed by atoms with van der Waals surface area (Å²) in [6.07, 6.45) is 1.91. The third-order valence-corrected chi connectivity index (χ3v) is 5.31. The Bertz CT molecular complexity index is 595. The smallest absolute Gasteiger partial charge is 0.251 e. The Morgan fingerprint density at radius 1 is 1.35 bits per heavy atom. The van der Waals surface area contributed by atoms with E-state index < -0.39 is 12.2 Å². The highest BCUT2D eigenvalue weighted by atomic mass is 16.5. The van der Waals surface area contributed by atoms with Gasteiger partial charge in [-0.3, -0.25) is 9.69 Å². The molecule has 3 rings (SSSR count). The quantitative estimate of drug-likeness (QED) is 0.711. The Morgan fingerprint density at radius 2 is 2.15 bits per heavy atom. The van der Waals surface area contributed by atoms with Crippen LogP contribution in [0.25, 0.3) is 0 Å². The maximum absolute atomic E-state index is 12.2. The fourth-order valence-corrected chi connectivity index (χ4v) is 3.77. The van der Waals surface area contributed by atoms with Crippen molar-refractivity contribution in [2.45, 2.75) is 50.5 Å². The van der Waals surface area contributed by atoms with Crippen molar-refractivity contribution in [2.75, 3.05) is 33.4 Å². The summed E-state index contributed by atoms with van der Waals surface area (Å²) in [5.41, 5.74) is 2.86. The van der Waals surface area contributed by atoms with Gasteiger partial charge in [0.25, 0.3) is 5.91 Å². The molecule has 2 aliphatic rings. The second kappa shape index (κ2) is 9.46. The van der Waals surface area contributed by atoms with Crippen LogP contribution < -0.4 is 5.32 Å². The molecule has 0 saturated carbocycles. The molecule has 0 aromatic heterocycles. The first-order chi connectivity index (χ1) is 12.7. The van der Waals surface area contributed by atoms with Crippen molar-refractivity contribution < 1.29 is 19.4 Å². The number of hydrogen-bond acceptors (Lipinski definition) is 5. The number of methoxy groups -OCH3 is 1. The Hall–Kier alpha value is -1.47. The van der Waals surface area contributed by atoms with Crippen LogP contribution in [0.1, 0.15) is 30.4 Å². The molecule has 0 bridgehead atoms. The van der Waals surface area contributed by atoms with E-state index in [0.29, 0.717) is 19.6 Å². The lowest BCUT2D eigenvalue weighted by Crippen LogP contribution is -2.50. The monoisotopic (exact) mass is 362 g/mol. The van der Waals surface area contributed by atoms with Gasteiger partial charge in [-0.1, -0.05) is 24.3 Å². The molecule has 6 heteroatoms. The molecule has 1 aromatic rings. The van der Waals surface area contributed by atoms with Crippen LogP contribution in [0, 0.1) is 0 Å². The molecule has 0 aliphatic carbocycles. The van der Waals surface area contributed by atoms with E-state index in [1.807, 2.05) is 0 Å². The highest BCUT2D eigenvalue weighted by Gasteiger charge is 2.35. The molecule has 3 atom stereocenters. The summed E-state index contributed by atoms with van der Waals surface area (Å²) < 4.78 is 10.9. The Balaban J connectivity index is 1.46. The van der Waals surface area contributed by atoms with Gasteiger partial charge in [0.15, 0.2) is 6.10 Å². The van der Waals surface area contributed by atoms with Crippen LogP contribution in [-0.2, 0) is 27.2 Å². The van der Waals surface area contributed by atoms with Gasteiger partial charge in [0.2, 0.25) is 0 Å². The molecular formula is C20H30N2O4. The van der Waals surface area contributed by atoms with E-state index in [0.717, 1.165) is 38.9 Å². The van der Waals surface area contributed by atoms with Crippen LogP contribution in [0.5, 0.6) is 0 Å². The van der Waals surface area contributed by atoms with Crippen LogP contribution in [0.15, 0.2) is 24.3 Å². The van der Waals surface area contributed by atoms with Crippen molar-refractivity contribution in [2.24, 2.45) is 0 Å². The average Bonchev–Trinajstić information content (AvgIpc) is 2.67. The minimum atomic E-state index is -0.771. The van der Waals surface area contributed by atoms with Gasteiger partial charge < -0.3 is 19.9 Å². The number of hydrogen-bond donors (Lipinski definition) is 2. The topological polar surface area (TPSA) is 71.0 Å². The van der Waals surface area contributed by atoms with Crippen LogP contribution in [0.3, 0.4) is 0 Å². The number of nitrogens with zero attached hydrogens (tertiary/aromatic N) is 1. The Labute approximate surface area is 155 Å². The van der Waals surface area contributed by atoms with Crippen LogP contribution in [0.4, 0.5) is 0 Å². The SMILES string of the molecule is COCCNC(=O)C1OC(CCN2CCc3ccccc3C2)CCC1O. The standard InChI is InChI=1S/C20H30N2O4/c1-25-13-10-21-20(24)19-18(23)7-6-17(26-19)9-12-22-11-8-15-4-2-3-5-16(15)14-22/h2-5,17-19,23H,6-14H2,1H3,(H,21,24). The second-order valence-electron chi connectivity index (χ2n) is 7.19. The summed E-state index contributed by atoms with van der Waals surface area (Å²) in [4.78, 5) is 14.7. The minimum Gasteiger partial charge on any atom is -0.390 e. The van der Waals surface area contributed by atoms with Crippen LogP contribution in [0.2, 0.25) is 0 Å². The number of carbonyl (C=O) groups excluding carboxylic acids is 1. The normalized spacial score (nSPS) is 26.3. The molecule has 26 heavy (non-hydrogen) atoms. The van der Waals surface area contributed by atoms with Crippen molar-refractivity contribution in [1.82, 2.24) is 10.2 Å². The predicted molar refractivity (Wildman–Crippen MR) is 98.8 cm³/mol. The molecule has 1 saturated heterocycles. The molecule has 6 nitrogen and oxygen atoms in total. The highest BCUT2D eigenvalue weighted by molar-refractivity contribution is 5.81. The fourth-order valence-electron chi connectivity index (χ4n) is 3.77. The zero-order chi connectivity index (χ0) is 18.4. The number of aliphatic hydroxyl groups excluding tert-OH is 1. The summed E-state index contributed by atoms with van der Waals surface area (Å²) in [7, 11) is 1.59. The van der Waals surface area contributed by atoms with Gasteiger partial charge in [-0.25, -0.2) is 0 Å². The third-order valence-electron chi connectivity index (χ3n) is 5.31. The van der Waals surface area contributed by atoms with E-state index in [9.17, 15) is 9.90 Å². The van der Waals surface area contributed by atoms with Gasteiger partial charge in [-0.15, -0.1) is 0 Å². The number of benzene rings is 1. The third kappa shape index (κ3) is 5.04. The molecule has 1 aromatic carbocycles. The summed E-state index contributed by atoms with van der Waals surface area (Å²) >= 11 is 0. The van der Waals surface area contributed by atoms with Crippen molar-refractivity contribution in [3.05, 3.63) is 35.4 Å². The Kier molecular flexibility index (Phi) is 7.02. The summed E-state index contributed by atoms with van der Waals surface area (Å²) in [5, 5.41) is 12.9. The van der Waals surface area contributed by atoms with Crippen molar-refractivity contribution in [3.63, 3.8) is 0 Å². The van der Waals surface area contributed by atoms with Crippen molar-refractivity contribution in [3.8, 4) is 0 Å². The molecule has 2 aliphatic heterocycles. The Morgan fingerprint density at radius 3 is 2.96 bits per heavy atom. The first-order valence-electron chi connectivity index (χ1n) is 9.56. The van der Waals surface area contributed by atoms with Gasteiger partial charge in [-0.2, -0.15) is 0 Å². The van der Waals surface area contributed by atoms with Crippen molar-refractivity contribution >= 4 is 5.91 Å². The van der Waals surface area contributed by atoms with E-state index >= 15 is 0 Å². The molecule has 2 heterocycles. The van der Waals surface area contributed by atoms with E-state index in [2.05, 4.69) is 34.5 Å². The van der Waals surface area contributed by atoms with Gasteiger partial charge in [0.05, 0.1) is 18.8 Å². The van der Waals surface area contributed by atoms with E-state index in [1.165, 1.54) is 11.1 Å². The molecule has 1 fully saturated rings. The lowest BCUT2D eigenvalue weighted by atomic mass is 9.97. The second-order valence-corrected chi connectivity index (χ2v) is 7.19. The first-order valence-corrected chi connectivity index (χ1v) is 9.56. The summed E-state index contributed by atoms with van der Waals surface area (Å²) in [5.74, 6) is -0.244. The van der Waals surface area contributed by atoms with Crippen molar-refractivity contribution in [1.29, 1.82) is 0 Å². The number of nitrogens with one attached hydrogen (secondary N) is 1. The van der Waals surface area contributed by atoms with E-state index in [4.69, 9.17) is 9.47 Å². The lowest BCUT2D eigenvalue weighted by molar-refractivity contribution is -0.158. The number of amides is 1. The lowest BCUT2D eigenvalue weighted by Gasteiger charge is -2.35. The zero-order valence-electron chi connectivity index (χ0n) is 15.5. The predicted octanol–water partition coefficient (Wildman–Crippen LogP) is 1.11. The van der Waals surface area contributed by atoms with E-state index in [-0.39, 0.29) is 12.0 Å².